The monoisotopic (exact) mass is 880 g/mol. The largest absolute Gasteiger partial charge is 0.390 e. The summed E-state index contributed by atoms with van der Waals surface area (Å²) in [5, 5.41) is 30.9. The summed E-state index contributed by atoms with van der Waals surface area (Å²) >= 11 is 0. The standard InChI is InChI=1S/C43H60N8O8S2/c1-29(2)34-6-4-5-7-35(34)38-28-48(20-21-60(45,56)57)18-19-50(38)32-24-43(25-32)14-16-49(17-15-43)31-8-9-36(40(44)52)39(22-31)61(58,59)33-23-37(51(54)55)41(47-27-33)46-26-30-10-12-42(3,53)13-11-30/h4-9,22-23,27,29-30,32,38,53H,10-21,24-26,28H2,1-3H3,(H2,44,52)(H,46,47)(H2,45,56,57)/t30?,38-,42?/m0/s1. The number of benzene rings is 2. The number of primary sulfonamides is 1. The fourth-order valence-electron chi connectivity index (χ4n) is 10.1. The first-order valence-corrected chi connectivity index (χ1v) is 24.6. The predicted molar refractivity (Wildman–Crippen MR) is 234 cm³/mol. The van der Waals surface area contributed by atoms with Gasteiger partial charge in [0.05, 0.1) is 31.6 Å². The molecule has 6 N–H and O–H groups in total. The lowest BCUT2D eigenvalue weighted by Gasteiger charge is -2.58. The Balaban J connectivity index is 1.04. The molecule has 16 nitrogen and oxygen atoms in total. The average molecular weight is 881 g/mol. The molecule has 0 bridgehead atoms. The molecule has 2 saturated heterocycles. The van der Waals surface area contributed by atoms with Crippen molar-refractivity contribution < 1.29 is 31.7 Å². The van der Waals surface area contributed by atoms with E-state index in [-0.39, 0.29) is 39.4 Å². The first-order chi connectivity index (χ1) is 28.7. The topological polar surface area (TPSA) is 235 Å². The van der Waals surface area contributed by atoms with E-state index in [0.717, 1.165) is 70.4 Å². The molecule has 1 atom stereocenters. The predicted octanol–water partition coefficient (Wildman–Crippen LogP) is 4.79. The van der Waals surface area contributed by atoms with Crippen LogP contribution < -0.4 is 21.1 Å². The Labute approximate surface area is 359 Å². The highest BCUT2D eigenvalue weighted by molar-refractivity contribution is 7.91. The van der Waals surface area contributed by atoms with Crippen molar-refractivity contribution in [2.45, 2.75) is 106 Å². The van der Waals surface area contributed by atoms with Gasteiger partial charge in [0.25, 0.3) is 0 Å². The number of piperidine rings is 1. The fraction of sp³-hybridized carbons (Fsp3) is 0.581. The molecule has 0 radical (unpaired) electrons. The third kappa shape index (κ3) is 10.0. The van der Waals surface area contributed by atoms with Crippen LogP contribution in [0, 0.1) is 21.4 Å². The Hall–Kier alpha value is -4.20. The van der Waals surface area contributed by atoms with Crippen LogP contribution in [0.2, 0.25) is 0 Å². The number of anilines is 2. The Kier molecular flexibility index (Phi) is 12.9. The zero-order chi connectivity index (χ0) is 43.9. The molecular weight excluding hydrogens is 821 g/mol. The molecule has 1 aromatic heterocycles. The molecule has 2 aromatic carbocycles. The van der Waals surface area contributed by atoms with Crippen molar-refractivity contribution in [2.75, 3.05) is 61.8 Å². The summed E-state index contributed by atoms with van der Waals surface area (Å²) in [5.41, 5.74) is 7.58. The maximum absolute atomic E-state index is 14.2. The number of pyridine rings is 1. The molecule has 3 aromatic rings. The van der Waals surface area contributed by atoms with Gasteiger partial charge in [0, 0.05) is 75.8 Å². The highest BCUT2D eigenvalue weighted by atomic mass is 32.2. The van der Waals surface area contributed by atoms with Crippen LogP contribution in [0.5, 0.6) is 0 Å². The number of aromatic nitrogens is 1. The van der Waals surface area contributed by atoms with Gasteiger partial charge in [0.1, 0.15) is 0 Å². The van der Waals surface area contributed by atoms with E-state index in [1.807, 2.05) is 0 Å². The quantitative estimate of drug-likeness (QED) is 0.126. The molecular formula is C43H60N8O8S2. The van der Waals surface area contributed by atoms with Crippen molar-refractivity contribution >= 4 is 43.0 Å². The zero-order valence-electron chi connectivity index (χ0n) is 35.3. The number of nitrogens with two attached hydrogens (primary N) is 2. The molecule has 2 aliphatic heterocycles. The number of nitro groups is 1. The molecule has 1 spiro atoms. The van der Waals surface area contributed by atoms with E-state index in [0.29, 0.717) is 56.7 Å². The molecule has 1 amide bonds. The zero-order valence-corrected chi connectivity index (χ0v) is 37.0. The third-order valence-corrected chi connectivity index (χ3v) is 16.3. The number of carbonyl (C=O) groups excluding carboxylic acids is 1. The highest BCUT2D eigenvalue weighted by Gasteiger charge is 2.50. The summed E-state index contributed by atoms with van der Waals surface area (Å²) in [5.74, 6) is -0.561. The molecule has 332 valence electrons. The van der Waals surface area contributed by atoms with Crippen LogP contribution in [0.25, 0.3) is 0 Å². The number of nitrogens with zero attached hydrogens (tertiary/aromatic N) is 5. The number of hydrogen-bond acceptors (Lipinski definition) is 13. The van der Waals surface area contributed by atoms with Crippen LogP contribution in [-0.2, 0) is 19.9 Å². The number of primary amides is 1. The molecule has 4 fully saturated rings. The molecule has 4 aliphatic rings. The van der Waals surface area contributed by atoms with E-state index in [4.69, 9.17) is 10.9 Å². The van der Waals surface area contributed by atoms with Crippen LogP contribution in [0.15, 0.2) is 64.5 Å². The maximum Gasteiger partial charge on any atom is 0.312 e. The van der Waals surface area contributed by atoms with E-state index >= 15 is 0 Å². The van der Waals surface area contributed by atoms with Gasteiger partial charge < -0.3 is 21.1 Å². The van der Waals surface area contributed by atoms with Crippen molar-refractivity contribution in [1.82, 2.24) is 14.8 Å². The summed E-state index contributed by atoms with van der Waals surface area (Å²) in [4.78, 5) is 34.5. The van der Waals surface area contributed by atoms with Crippen LogP contribution in [-0.4, -0.2) is 111 Å². The number of amides is 1. The second kappa shape index (κ2) is 17.5. The molecule has 3 heterocycles. The number of rotatable bonds is 14. The van der Waals surface area contributed by atoms with Crippen molar-refractivity contribution in [3.05, 3.63) is 81.5 Å². The summed E-state index contributed by atoms with van der Waals surface area (Å²) in [6.07, 6.45) is 7.64. The minimum atomic E-state index is -4.48. The maximum atomic E-state index is 14.2. The van der Waals surface area contributed by atoms with Crippen molar-refractivity contribution in [1.29, 1.82) is 0 Å². The smallest absolute Gasteiger partial charge is 0.312 e. The van der Waals surface area contributed by atoms with Gasteiger partial charge in [-0.3, -0.25) is 24.7 Å². The number of sulfone groups is 1. The summed E-state index contributed by atoms with van der Waals surface area (Å²) in [6.45, 7) is 10.6. The Bertz CT molecular complexity index is 2330. The van der Waals surface area contributed by atoms with Crippen LogP contribution in [0.3, 0.4) is 0 Å². The molecule has 18 heteroatoms. The van der Waals surface area contributed by atoms with Gasteiger partial charge in [-0.15, -0.1) is 0 Å². The van der Waals surface area contributed by atoms with Crippen molar-refractivity contribution in [3.63, 3.8) is 0 Å². The lowest BCUT2D eigenvalue weighted by molar-refractivity contribution is -0.384. The van der Waals surface area contributed by atoms with Gasteiger partial charge in [-0.2, -0.15) is 0 Å². The van der Waals surface area contributed by atoms with Crippen molar-refractivity contribution in [3.8, 4) is 0 Å². The van der Waals surface area contributed by atoms with Crippen LogP contribution in [0.4, 0.5) is 17.2 Å². The Morgan fingerprint density at radius 3 is 2.34 bits per heavy atom. The summed E-state index contributed by atoms with van der Waals surface area (Å²) in [7, 11) is -8.06. The van der Waals surface area contributed by atoms with Gasteiger partial charge >= 0.3 is 5.69 Å². The van der Waals surface area contributed by atoms with Crippen molar-refractivity contribution in [2.24, 2.45) is 22.2 Å². The third-order valence-electron chi connectivity index (χ3n) is 13.8. The van der Waals surface area contributed by atoms with Crippen LogP contribution in [0.1, 0.15) is 106 Å². The van der Waals surface area contributed by atoms with E-state index in [9.17, 15) is 36.9 Å². The Morgan fingerprint density at radius 1 is 1.02 bits per heavy atom. The second-order valence-corrected chi connectivity index (χ2v) is 22.1. The number of hydrogen-bond donors (Lipinski definition) is 4. The van der Waals surface area contributed by atoms with Gasteiger partial charge in [-0.1, -0.05) is 38.1 Å². The van der Waals surface area contributed by atoms with E-state index in [2.05, 4.69) is 63.1 Å². The molecule has 2 saturated carbocycles. The first kappa shape index (κ1) is 44.8. The number of piperazine rings is 1. The molecule has 2 aliphatic carbocycles. The fourth-order valence-corrected chi connectivity index (χ4v) is 12.0. The first-order valence-electron chi connectivity index (χ1n) is 21.4. The van der Waals surface area contributed by atoms with Gasteiger partial charge in [0.2, 0.25) is 31.6 Å². The molecule has 61 heavy (non-hydrogen) atoms. The normalized spacial score (nSPS) is 24.1. The lowest BCUT2D eigenvalue weighted by Crippen LogP contribution is -2.60. The summed E-state index contributed by atoms with van der Waals surface area (Å²) < 4.78 is 52.0. The minimum absolute atomic E-state index is 0.0519. The van der Waals surface area contributed by atoms with E-state index in [1.165, 1.54) is 23.3 Å². The molecule has 0 unspecified atom stereocenters. The van der Waals surface area contributed by atoms with Gasteiger partial charge in [-0.05, 0) is 105 Å². The second-order valence-electron chi connectivity index (χ2n) is 18.4. The minimum Gasteiger partial charge on any atom is -0.390 e. The average Bonchev–Trinajstić information content (AvgIpc) is 3.21. The molecule has 7 rings (SSSR count). The van der Waals surface area contributed by atoms with Crippen LogP contribution >= 0.6 is 0 Å². The number of carbonyl (C=O) groups is 1. The number of aliphatic hydroxyl groups is 1. The van der Waals surface area contributed by atoms with Gasteiger partial charge in [-0.25, -0.2) is 27.0 Å². The number of sulfonamides is 1. The van der Waals surface area contributed by atoms with E-state index in [1.54, 1.807) is 13.0 Å². The number of nitrogens with one attached hydrogen (secondary N) is 1. The SMILES string of the molecule is CC(C)c1ccccc1[C@@H]1CN(CCS(N)(=O)=O)CCN1C1CC2(CCN(c3ccc(C(N)=O)c(S(=O)(=O)c4cnc(NCC5CCC(C)(O)CC5)c([N+](=O)[O-])c4)c3)CC2)C1. The van der Waals surface area contributed by atoms with E-state index < -0.39 is 46.9 Å². The van der Waals surface area contributed by atoms with Gasteiger partial charge in [0.15, 0.2) is 0 Å². The Morgan fingerprint density at radius 2 is 1.70 bits per heavy atom. The highest BCUT2D eigenvalue weighted by Crippen LogP contribution is 2.53. The summed E-state index contributed by atoms with van der Waals surface area (Å²) in [6, 6.07) is 14.6. The lowest BCUT2D eigenvalue weighted by atomic mass is 9.59.